The second-order valence-electron chi connectivity index (χ2n) is 5.78. The Morgan fingerprint density at radius 3 is 1.95 bits per heavy atom. The zero-order valence-corrected chi connectivity index (χ0v) is 14.3. The minimum absolute atomic E-state index is 0. The van der Waals surface area contributed by atoms with Crippen LogP contribution >= 0.6 is 0 Å². The summed E-state index contributed by atoms with van der Waals surface area (Å²) >= 11 is 0. The van der Waals surface area contributed by atoms with E-state index in [4.69, 9.17) is 9.90 Å². The number of nitrogens with one attached hydrogen (secondary N) is 1. The molecule has 0 aliphatic carbocycles. The van der Waals surface area contributed by atoms with Gasteiger partial charge in [-0.2, -0.15) is 0 Å². The molecule has 0 aromatic rings. The van der Waals surface area contributed by atoms with Crippen molar-refractivity contribution in [1.29, 1.82) is 0 Å². The van der Waals surface area contributed by atoms with E-state index in [1.807, 2.05) is 0 Å². The van der Waals surface area contributed by atoms with Crippen LogP contribution < -0.4 is 5.32 Å². The van der Waals surface area contributed by atoms with Gasteiger partial charge in [0.15, 0.2) is 0 Å². The smallest absolute Gasteiger partial charge is 0.290 e. The molecule has 1 aliphatic heterocycles. The first-order valence-electron chi connectivity index (χ1n) is 7.90. The van der Waals surface area contributed by atoms with Crippen LogP contribution in [0.1, 0.15) is 66.7 Å². The van der Waals surface area contributed by atoms with Crippen molar-refractivity contribution in [3.8, 4) is 0 Å². The van der Waals surface area contributed by atoms with Gasteiger partial charge in [0.25, 0.3) is 6.47 Å². The maximum absolute atomic E-state index is 9.43. The Kier molecular flexibility index (Phi) is 21.1. The van der Waals surface area contributed by atoms with Crippen LogP contribution in [0.3, 0.4) is 0 Å². The average Bonchev–Trinajstić information content (AvgIpc) is 2.87. The van der Waals surface area contributed by atoms with Crippen molar-refractivity contribution in [3.05, 3.63) is 0 Å². The molecule has 22 heavy (non-hydrogen) atoms. The third kappa shape index (κ3) is 17.0. The number of hydrogen-bond donors (Lipinski definition) is 2. The van der Waals surface area contributed by atoms with Crippen molar-refractivity contribution < 1.29 is 14.7 Å². The summed E-state index contributed by atoms with van der Waals surface area (Å²) in [7, 11) is 3.38. The average molecular weight is 319 g/mol. The zero-order chi connectivity index (χ0) is 16.7. The van der Waals surface area contributed by atoms with E-state index in [0.717, 1.165) is 24.4 Å². The van der Waals surface area contributed by atoms with Crippen LogP contribution in [0.25, 0.3) is 0 Å². The van der Waals surface area contributed by atoms with Gasteiger partial charge in [0.05, 0.1) is 0 Å². The second kappa shape index (κ2) is 18.0. The van der Waals surface area contributed by atoms with Crippen molar-refractivity contribution in [2.45, 2.75) is 78.8 Å². The maximum Gasteiger partial charge on any atom is 0.290 e. The maximum atomic E-state index is 9.43. The molecule has 0 aromatic carbocycles. The standard InChI is InChI=1S/C12H25N.C3H7NO.CH2O2.CH4/c1-4-11(5-2)7-9-12-8-6-10(3)13-12;1-4(2)3-5;2-1-3;/h10-13H,4-9H2,1-3H3;3H,1-2H3;1H,(H,2,3);1H4/t10-,12?;;;/m0.../s1. The Balaban J connectivity index is -0.000000339. The van der Waals surface area contributed by atoms with Gasteiger partial charge in [-0.15, -0.1) is 0 Å². The lowest BCUT2D eigenvalue weighted by atomic mass is 9.95. The van der Waals surface area contributed by atoms with Gasteiger partial charge < -0.3 is 15.3 Å². The first-order valence-corrected chi connectivity index (χ1v) is 7.90. The Hall–Kier alpha value is -1.10. The largest absolute Gasteiger partial charge is 0.483 e. The molecule has 1 aliphatic rings. The number of rotatable bonds is 6. The van der Waals surface area contributed by atoms with E-state index in [9.17, 15) is 4.79 Å². The molecule has 1 saturated heterocycles. The van der Waals surface area contributed by atoms with E-state index in [1.165, 1.54) is 43.4 Å². The van der Waals surface area contributed by atoms with Crippen LogP contribution in [0.5, 0.6) is 0 Å². The Morgan fingerprint density at radius 2 is 1.68 bits per heavy atom. The van der Waals surface area contributed by atoms with Gasteiger partial charge in [-0.05, 0) is 38.5 Å². The summed E-state index contributed by atoms with van der Waals surface area (Å²) in [5, 5.41) is 10.5. The molecule has 2 N–H and O–H groups in total. The topological polar surface area (TPSA) is 69.6 Å². The first-order chi connectivity index (χ1) is 9.94. The van der Waals surface area contributed by atoms with Gasteiger partial charge in [0, 0.05) is 26.2 Å². The summed E-state index contributed by atoms with van der Waals surface area (Å²) in [5.74, 6) is 0.970. The van der Waals surface area contributed by atoms with E-state index in [1.54, 1.807) is 14.1 Å². The van der Waals surface area contributed by atoms with Crippen molar-refractivity contribution in [2.75, 3.05) is 14.1 Å². The SMILES string of the molecule is C.CCC(CC)CCC1CC[C@H](C)N1.CN(C)C=O.O=CO. The van der Waals surface area contributed by atoms with Gasteiger partial charge >= 0.3 is 0 Å². The zero-order valence-electron chi connectivity index (χ0n) is 14.3. The predicted octanol–water partition coefficient (Wildman–Crippen LogP) is 3.38. The van der Waals surface area contributed by atoms with Crippen LogP contribution in [0, 0.1) is 5.92 Å². The van der Waals surface area contributed by atoms with E-state index >= 15 is 0 Å². The highest BCUT2D eigenvalue weighted by Gasteiger charge is 2.20. The number of amides is 1. The summed E-state index contributed by atoms with van der Waals surface area (Å²) in [6, 6.07) is 1.60. The quantitative estimate of drug-likeness (QED) is 0.737. The molecule has 1 unspecified atom stereocenters. The van der Waals surface area contributed by atoms with Gasteiger partial charge in [0.1, 0.15) is 0 Å². The fourth-order valence-electron chi connectivity index (χ4n) is 2.38. The van der Waals surface area contributed by atoms with E-state index < -0.39 is 0 Å². The van der Waals surface area contributed by atoms with Crippen molar-refractivity contribution in [3.63, 3.8) is 0 Å². The predicted molar refractivity (Wildman–Crippen MR) is 94.1 cm³/mol. The number of carbonyl (C=O) groups is 2. The van der Waals surface area contributed by atoms with Crippen LogP contribution in [0.15, 0.2) is 0 Å². The molecule has 1 heterocycles. The Bertz CT molecular complexity index is 244. The van der Waals surface area contributed by atoms with Gasteiger partial charge in [0.2, 0.25) is 6.41 Å². The molecular formula is C17H38N2O3. The highest BCUT2D eigenvalue weighted by Crippen LogP contribution is 2.21. The fraction of sp³-hybridized carbons (Fsp3) is 0.882. The minimum Gasteiger partial charge on any atom is -0.483 e. The molecule has 1 fully saturated rings. The van der Waals surface area contributed by atoms with Gasteiger partial charge in [-0.1, -0.05) is 34.1 Å². The molecule has 2 atom stereocenters. The molecule has 0 spiro atoms. The number of carbonyl (C=O) groups excluding carboxylic acids is 1. The van der Waals surface area contributed by atoms with Crippen molar-refractivity contribution >= 4 is 12.9 Å². The van der Waals surface area contributed by atoms with Crippen LogP contribution in [0.2, 0.25) is 0 Å². The summed E-state index contributed by atoms with van der Waals surface area (Å²) < 4.78 is 0. The van der Waals surface area contributed by atoms with Gasteiger partial charge in [-0.3, -0.25) is 9.59 Å². The minimum atomic E-state index is -0.250. The monoisotopic (exact) mass is 318 g/mol. The van der Waals surface area contributed by atoms with E-state index in [2.05, 4.69) is 26.1 Å². The molecule has 0 radical (unpaired) electrons. The summed E-state index contributed by atoms with van der Waals surface area (Å²) in [6.07, 6.45) is 9.08. The van der Waals surface area contributed by atoms with Crippen molar-refractivity contribution in [1.82, 2.24) is 10.2 Å². The Morgan fingerprint density at radius 1 is 1.23 bits per heavy atom. The van der Waals surface area contributed by atoms with E-state index in [0.29, 0.717) is 0 Å². The van der Waals surface area contributed by atoms with E-state index in [-0.39, 0.29) is 13.9 Å². The number of nitrogens with zero attached hydrogens (tertiary/aromatic N) is 1. The second-order valence-corrected chi connectivity index (χ2v) is 5.78. The van der Waals surface area contributed by atoms with Crippen LogP contribution in [0.4, 0.5) is 0 Å². The first kappa shape index (κ1) is 25.8. The van der Waals surface area contributed by atoms with Gasteiger partial charge in [-0.25, -0.2) is 0 Å². The lowest BCUT2D eigenvalue weighted by Gasteiger charge is -2.16. The molecule has 0 bridgehead atoms. The molecular weight excluding hydrogens is 280 g/mol. The lowest BCUT2D eigenvalue weighted by Crippen LogP contribution is -2.27. The molecule has 0 aromatic heterocycles. The highest BCUT2D eigenvalue weighted by molar-refractivity contribution is 5.45. The molecule has 0 saturated carbocycles. The summed E-state index contributed by atoms with van der Waals surface area (Å²) in [6.45, 7) is 6.69. The lowest BCUT2D eigenvalue weighted by molar-refractivity contribution is -0.123. The van der Waals surface area contributed by atoms with Crippen LogP contribution in [-0.2, 0) is 9.59 Å². The number of hydrogen-bond acceptors (Lipinski definition) is 3. The molecule has 5 nitrogen and oxygen atoms in total. The summed E-state index contributed by atoms with van der Waals surface area (Å²) in [5.41, 5.74) is 0. The molecule has 5 heteroatoms. The summed E-state index contributed by atoms with van der Waals surface area (Å²) in [4.78, 5) is 19.2. The van der Waals surface area contributed by atoms with Crippen molar-refractivity contribution in [2.24, 2.45) is 5.92 Å². The Labute approximate surface area is 137 Å². The highest BCUT2D eigenvalue weighted by atomic mass is 16.3. The molecule has 1 rings (SSSR count). The third-order valence-electron chi connectivity index (χ3n) is 3.76. The fourth-order valence-corrected chi connectivity index (χ4v) is 2.38. The molecule has 134 valence electrons. The van der Waals surface area contributed by atoms with Crippen LogP contribution in [-0.4, -0.2) is 49.1 Å². The number of carboxylic acid groups (broad SMARTS) is 1. The molecule has 1 amide bonds. The third-order valence-corrected chi connectivity index (χ3v) is 3.76. The normalized spacial score (nSPS) is 19.0.